The van der Waals surface area contributed by atoms with Crippen LogP contribution in [0.25, 0.3) is 11.1 Å². The second-order valence-corrected chi connectivity index (χ2v) is 5.30. The average Bonchev–Trinajstić information content (AvgIpc) is 2.56. The van der Waals surface area contributed by atoms with Gasteiger partial charge in [0.1, 0.15) is 0 Å². The highest BCUT2D eigenvalue weighted by molar-refractivity contribution is 6.30. The second kappa shape index (κ2) is 6.08. The van der Waals surface area contributed by atoms with Crippen molar-refractivity contribution < 1.29 is 0 Å². The Morgan fingerprint density at radius 2 is 1.48 bits per heavy atom. The molecule has 3 aromatic rings. The third-order valence-electron chi connectivity index (χ3n) is 3.45. The van der Waals surface area contributed by atoms with E-state index in [0.29, 0.717) is 5.02 Å². The summed E-state index contributed by atoms with van der Waals surface area (Å²) in [7, 11) is 0. The molecule has 3 heteroatoms. The average molecular weight is 295 g/mol. The maximum Gasteiger partial charge on any atom is 0.0726 e. The molecule has 0 aliphatic carbocycles. The molecule has 21 heavy (non-hydrogen) atoms. The molecule has 0 bridgehead atoms. The first-order chi connectivity index (χ1) is 10.2. The summed E-state index contributed by atoms with van der Waals surface area (Å²) in [5.41, 5.74) is 10.5. The standard InChI is InChI=1S/C18H15ClN2/c19-16-10-11-17(21-12-16)18(20)15-8-6-14(7-9-15)13-4-2-1-3-5-13/h1-12,18H,20H2. The molecular weight excluding hydrogens is 280 g/mol. The molecular formula is C18H15ClN2. The van der Waals surface area contributed by atoms with Crippen LogP contribution in [0.15, 0.2) is 72.9 Å². The lowest BCUT2D eigenvalue weighted by Gasteiger charge is -2.12. The van der Waals surface area contributed by atoms with Crippen LogP contribution in [-0.4, -0.2) is 4.98 Å². The first-order valence-electron chi connectivity index (χ1n) is 6.76. The molecule has 0 radical (unpaired) electrons. The van der Waals surface area contributed by atoms with Gasteiger partial charge < -0.3 is 5.73 Å². The monoisotopic (exact) mass is 294 g/mol. The third kappa shape index (κ3) is 3.13. The van der Waals surface area contributed by atoms with Gasteiger partial charge in [-0.1, -0.05) is 66.2 Å². The van der Waals surface area contributed by atoms with E-state index >= 15 is 0 Å². The lowest BCUT2D eigenvalue weighted by molar-refractivity contribution is 0.829. The van der Waals surface area contributed by atoms with Crippen LogP contribution in [0, 0.1) is 0 Å². The van der Waals surface area contributed by atoms with Gasteiger partial charge in [-0.3, -0.25) is 4.98 Å². The first kappa shape index (κ1) is 13.8. The molecule has 0 aliphatic heterocycles. The summed E-state index contributed by atoms with van der Waals surface area (Å²) in [6.07, 6.45) is 1.62. The molecule has 0 aliphatic rings. The molecule has 0 saturated heterocycles. The van der Waals surface area contributed by atoms with E-state index in [1.165, 1.54) is 11.1 Å². The molecule has 1 atom stereocenters. The maximum absolute atomic E-state index is 6.25. The molecule has 0 fully saturated rings. The van der Waals surface area contributed by atoms with Gasteiger partial charge in [-0.25, -0.2) is 0 Å². The van der Waals surface area contributed by atoms with E-state index in [0.717, 1.165) is 11.3 Å². The van der Waals surface area contributed by atoms with Gasteiger partial charge in [-0.2, -0.15) is 0 Å². The van der Waals surface area contributed by atoms with E-state index in [1.54, 1.807) is 6.20 Å². The fourth-order valence-electron chi connectivity index (χ4n) is 2.26. The number of nitrogens with two attached hydrogens (primary N) is 1. The Bertz CT molecular complexity index is 706. The second-order valence-electron chi connectivity index (χ2n) is 4.87. The predicted octanol–water partition coefficient (Wildman–Crippen LogP) is 4.45. The molecule has 0 spiro atoms. The highest BCUT2D eigenvalue weighted by atomic mass is 35.5. The zero-order valence-corrected chi connectivity index (χ0v) is 12.2. The van der Waals surface area contributed by atoms with Crippen LogP contribution in [-0.2, 0) is 0 Å². The maximum atomic E-state index is 6.25. The first-order valence-corrected chi connectivity index (χ1v) is 7.14. The Morgan fingerprint density at radius 1 is 0.810 bits per heavy atom. The van der Waals surface area contributed by atoms with Crippen LogP contribution in [0.5, 0.6) is 0 Å². The van der Waals surface area contributed by atoms with Crippen LogP contribution < -0.4 is 5.73 Å². The lowest BCUT2D eigenvalue weighted by atomic mass is 9.99. The summed E-state index contributed by atoms with van der Waals surface area (Å²) >= 11 is 5.85. The normalized spacial score (nSPS) is 12.1. The molecule has 1 unspecified atom stereocenters. The van der Waals surface area contributed by atoms with Crippen molar-refractivity contribution in [2.75, 3.05) is 0 Å². The number of benzene rings is 2. The smallest absolute Gasteiger partial charge is 0.0726 e. The Morgan fingerprint density at radius 3 is 2.10 bits per heavy atom. The fraction of sp³-hybridized carbons (Fsp3) is 0.0556. The van der Waals surface area contributed by atoms with Crippen molar-refractivity contribution in [3.63, 3.8) is 0 Å². The van der Waals surface area contributed by atoms with Gasteiger partial charge in [0.05, 0.1) is 16.8 Å². The SMILES string of the molecule is NC(c1ccc(-c2ccccc2)cc1)c1ccc(Cl)cn1. The van der Waals surface area contributed by atoms with E-state index in [4.69, 9.17) is 17.3 Å². The molecule has 104 valence electrons. The summed E-state index contributed by atoms with van der Waals surface area (Å²) in [6.45, 7) is 0. The summed E-state index contributed by atoms with van der Waals surface area (Å²) < 4.78 is 0. The number of nitrogens with zero attached hydrogens (tertiary/aromatic N) is 1. The third-order valence-corrected chi connectivity index (χ3v) is 3.67. The van der Waals surface area contributed by atoms with Crippen molar-refractivity contribution in [1.82, 2.24) is 4.98 Å². The summed E-state index contributed by atoms with van der Waals surface area (Å²) in [5.74, 6) is 0. The zero-order valence-electron chi connectivity index (χ0n) is 11.4. The predicted molar refractivity (Wildman–Crippen MR) is 87.2 cm³/mol. The lowest BCUT2D eigenvalue weighted by Crippen LogP contribution is -2.13. The van der Waals surface area contributed by atoms with Crippen molar-refractivity contribution in [2.45, 2.75) is 6.04 Å². The molecule has 0 saturated carbocycles. The Hall–Kier alpha value is -2.16. The number of aromatic nitrogens is 1. The van der Waals surface area contributed by atoms with Gasteiger partial charge in [-0.15, -0.1) is 0 Å². The van der Waals surface area contributed by atoms with Gasteiger partial charge in [0, 0.05) is 6.20 Å². The number of rotatable bonds is 3. The van der Waals surface area contributed by atoms with Crippen molar-refractivity contribution in [3.05, 3.63) is 89.2 Å². The molecule has 1 heterocycles. The largest absolute Gasteiger partial charge is 0.319 e. The molecule has 0 amide bonds. The van der Waals surface area contributed by atoms with E-state index in [1.807, 2.05) is 42.5 Å². The fourth-order valence-corrected chi connectivity index (χ4v) is 2.37. The highest BCUT2D eigenvalue weighted by Gasteiger charge is 2.10. The van der Waals surface area contributed by atoms with Gasteiger partial charge in [-0.05, 0) is 28.8 Å². The Balaban J connectivity index is 1.85. The molecule has 2 N–H and O–H groups in total. The van der Waals surface area contributed by atoms with E-state index in [9.17, 15) is 0 Å². The van der Waals surface area contributed by atoms with Crippen molar-refractivity contribution in [1.29, 1.82) is 0 Å². The number of hydrogen-bond donors (Lipinski definition) is 1. The van der Waals surface area contributed by atoms with Crippen LogP contribution >= 0.6 is 11.6 Å². The van der Waals surface area contributed by atoms with Gasteiger partial charge >= 0.3 is 0 Å². The minimum Gasteiger partial charge on any atom is -0.319 e. The Labute approximate surface area is 129 Å². The highest BCUT2D eigenvalue weighted by Crippen LogP contribution is 2.23. The summed E-state index contributed by atoms with van der Waals surface area (Å²) in [6, 6.07) is 21.9. The number of halogens is 1. The van der Waals surface area contributed by atoms with Crippen LogP contribution in [0.1, 0.15) is 17.3 Å². The summed E-state index contributed by atoms with van der Waals surface area (Å²) in [5, 5.41) is 0.616. The van der Waals surface area contributed by atoms with Crippen molar-refractivity contribution in [2.24, 2.45) is 5.73 Å². The van der Waals surface area contributed by atoms with Crippen molar-refractivity contribution >= 4 is 11.6 Å². The van der Waals surface area contributed by atoms with Crippen LogP contribution in [0.2, 0.25) is 5.02 Å². The summed E-state index contributed by atoms with van der Waals surface area (Å²) in [4.78, 5) is 4.28. The van der Waals surface area contributed by atoms with Gasteiger partial charge in [0.25, 0.3) is 0 Å². The quantitative estimate of drug-likeness (QED) is 0.775. The topological polar surface area (TPSA) is 38.9 Å². The minimum atomic E-state index is -0.243. The molecule has 2 aromatic carbocycles. The zero-order chi connectivity index (χ0) is 14.7. The molecule has 3 rings (SSSR count). The number of hydrogen-bond acceptors (Lipinski definition) is 2. The van der Waals surface area contributed by atoms with Crippen molar-refractivity contribution in [3.8, 4) is 11.1 Å². The minimum absolute atomic E-state index is 0.243. The molecule has 2 nitrogen and oxygen atoms in total. The van der Waals surface area contributed by atoms with Gasteiger partial charge in [0.15, 0.2) is 0 Å². The van der Waals surface area contributed by atoms with Crippen LogP contribution in [0.4, 0.5) is 0 Å². The number of pyridine rings is 1. The van der Waals surface area contributed by atoms with Gasteiger partial charge in [0.2, 0.25) is 0 Å². The molecule has 1 aromatic heterocycles. The van der Waals surface area contributed by atoms with E-state index in [2.05, 4.69) is 29.2 Å². The van der Waals surface area contributed by atoms with E-state index < -0.39 is 0 Å². The Kier molecular flexibility index (Phi) is 4.00. The van der Waals surface area contributed by atoms with E-state index in [-0.39, 0.29) is 6.04 Å². The van der Waals surface area contributed by atoms with Crippen LogP contribution in [0.3, 0.4) is 0 Å².